The van der Waals surface area contributed by atoms with Gasteiger partial charge in [0, 0.05) is 29.4 Å². The lowest BCUT2D eigenvalue weighted by Gasteiger charge is -2.50. The van der Waals surface area contributed by atoms with Gasteiger partial charge in [0.05, 0.1) is 17.9 Å². The van der Waals surface area contributed by atoms with Crippen molar-refractivity contribution in [2.24, 2.45) is 5.16 Å². The van der Waals surface area contributed by atoms with Gasteiger partial charge >= 0.3 is 5.65 Å². The van der Waals surface area contributed by atoms with E-state index in [0.29, 0.717) is 17.0 Å². The van der Waals surface area contributed by atoms with Gasteiger partial charge in [-0.1, -0.05) is 5.16 Å². The number of aryl methyl sites for hydroxylation is 1. The molecule has 216 valence electrons. The van der Waals surface area contributed by atoms with Gasteiger partial charge in [0.1, 0.15) is 30.1 Å². The number of nitrogen functional groups attached to an aromatic ring is 1. The Morgan fingerprint density at radius 1 is 1.39 bits per heavy atom. The molecule has 17 heteroatoms. The Bertz CT molecular complexity index is 1550. The highest BCUT2D eigenvalue weighted by atomic mass is 32.2. The fourth-order valence-corrected chi connectivity index (χ4v) is 6.44. The van der Waals surface area contributed by atoms with Crippen LogP contribution in [-0.4, -0.2) is 84.7 Å². The summed E-state index contributed by atoms with van der Waals surface area (Å²) in [5, 5.41) is 21.3. The zero-order valence-electron chi connectivity index (χ0n) is 22.3. The predicted molar refractivity (Wildman–Crippen MR) is 148 cm³/mol. The van der Waals surface area contributed by atoms with Crippen LogP contribution < -0.4 is 26.0 Å². The number of aromatic nitrogens is 5. The molecule has 1 fully saturated rings. The minimum absolute atomic E-state index is 0.0355. The molecule has 0 aliphatic carbocycles. The number of carbonyl (C=O) groups excluding carboxylic acids is 3. The van der Waals surface area contributed by atoms with Gasteiger partial charge in [0.15, 0.2) is 5.13 Å². The molecule has 0 bridgehead atoms. The Morgan fingerprint density at radius 3 is 2.93 bits per heavy atom. The number of pyridine rings is 1. The van der Waals surface area contributed by atoms with E-state index in [1.165, 1.54) is 16.7 Å². The van der Waals surface area contributed by atoms with Crippen molar-refractivity contribution in [3.05, 3.63) is 41.8 Å². The van der Waals surface area contributed by atoms with Crippen LogP contribution in [-0.2, 0) is 32.3 Å². The molecule has 15 nitrogen and oxygen atoms in total. The molecule has 0 aromatic carbocycles. The van der Waals surface area contributed by atoms with Gasteiger partial charge in [-0.15, -0.1) is 11.8 Å². The monoisotopic (exact) mass is 600 g/mol. The maximum atomic E-state index is 13.2. The van der Waals surface area contributed by atoms with Crippen LogP contribution in [0.25, 0.3) is 11.2 Å². The summed E-state index contributed by atoms with van der Waals surface area (Å²) in [5.74, 6) is -2.51. The molecule has 0 radical (unpaired) electrons. The Morgan fingerprint density at radius 2 is 2.22 bits per heavy atom. The Labute approximate surface area is 242 Å². The van der Waals surface area contributed by atoms with E-state index in [4.69, 9.17) is 10.6 Å². The Hall–Kier alpha value is -4.09. The number of nitrogens with one attached hydrogen (secondary N) is 2. The van der Waals surface area contributed by atoms with Crippen LogP contribution >= 0.6 is 23.3 Å². The van der Waals surface area contributed by atoms with Crippen molar-refractivity contribution in [1.82, 2.24) is 34.4 Å². The number of β-lactam (4-membered cyclic amide) rings is 1. The van der Waals surface area contributed by atoms with E-state index in [1.807, 2.05) is 34.5 Å². The number of hydrogen-bond donors (Lipinski definition) is 3. The lowest BCUT2D eigenvalue weighted by atomic mass is 10.0. The molecule has 0 saturated carbocycles. The normalized spacial score (nSPS) is 18.8. The molecule has 2 aliphatic heterocycles. The minimum atomic E-state index is -1.46. The molecule has 3 aromatic rings. The molecule has 3 aromatic heterocycles. The Kier molecular flexibility index (Phi) is 8.46. The van der Waals surface area contributed by atoms with Gasteiger partial charge in [0.2, 0.25) is 17.9 Å². The smallest absolute Gasteiger partial charge is 0.349 e. The number of fused-ring (bicyclic) bond motifs is 2. The molecule has 5 heterocycles. The summed E-state index contributed by atoms with van der Waals surface area (Å²) in [5.41, 5.74) is 7.33. The number of nitrogens with two attached hydrogens (primary N) is 1. The second kappa shape index (κ2) is 12.2. The summed E-state index contributed by atoms with van der Waals surface area (Å²) in [6.07, 6.45) is 4.52. The topological polar surface area (TPSA) is 197 Å². The summed E-state index contributed by atoms with van der Waals surface area (Å²) >= 11 is 2.23. The van der Waals surface area contributed by atoms with Gasteiger partial charge in [-0.25, -0.2) is 4.57 Å². The van der Waals surface area contributed by atoms with Crippen molar-refractivity contribution in [3.8, 4) is 0 Å². The third-order valence-corrected chi connectivity index (χ3v) is 8.40. The SMILES string of the molecule is CCO/N=C(\C(=O)N[C@@H]1C(=O)N2C(C(=O)[O-])=C(C[n+]3cccc4c3ncn4CCCNC)CS[C@H]12)c1nsc(N)n1. The van der Waals surface area contributed by atoms with Gasteiger partial charge < -0.3 is 35.7 Å². The van der Waals surface area contributed by atoms with Crippen LogP contribution in [0.5, 0.6) is 0 Å². The third kappa shape index (κ3) is 5.59. The standard InChI is InChI=1S/C24H28N10O5S2/c1-3-39-30-15(18-29-24(25)41-31-18)20(35)28-16-21(36)34-17(23(37)38)13(11-40-22(16)34)10-32-8-4-6-14-19(32)27-12-33(14)9-5-7-26-2/h4,6,8,12,16,22,26H,3,5,7,9-11H2,1-2H3,(H3-,25,28,29,31,35,37,38)/b30-15-/t16-,22-/m1/s1. The van der Waals surface area contributed by atoms with Gasteiger partial charge in [-0.3, -0.25) is 14.5 Å². The van der Waals surface area contributed by atoms with Crippen LogP contribution in [0.2, 0.25) is 0 Å². The molecule has 1 saturated heterocycles. The van der Waals surface area contributed by atoms with Crippen LogP contribution in [0.4, 0.5) is 5.13 Å². The lowest BCUT2D eigenvalue weighted by Crippen LogP contribution is -2.71. The fraction of sp³-hybridized carbons (Fsp3) is 0.417. The van der Waals surface area contributed by atoms with Gasteiger partial charge in [-0.05, 0) is 44.1 Å². The zero-order chi connectivity index (χ0) is 29.1. The number of carboxylic acids is 1. The number of aliphatic carboxylic acids is 1. The van der Waals surface area contributed by atoms with Crippen LogP contribution in [0.15, 0.2) is 41.1 Å². The maximum Gasteiger partial charge on any atom is 0.349 e. The first kappa shape index (κ1) is 28.4. The molecule has 5 rings (SSSR count). The number of imidazole rings is 1. The first-order valence-corrected chi connectivity index (χ1v) is 14.6. The zero-order valence-corrected chi connectivity index (χ0v) is 23.9. The molecular formula is C24H28N10O5S2. The molecule has 4 N–H and O–H groups in total. The molecule has 0 unspecified atom stereocenters. The van der Waals surface area contributed by atoms with E-state index in [1.54, 1.807) is 13.3 Å². The molecule has 41 heavy (non-hydrogen) atoms. The predicted octanol–water partition coefficient (Wildman–Crippen LogP) is -1.79. The number of amides is 2. The largest absolute Gasteiger partial charge is 0.543 e. The van der Waals surface area contributed by atoms with Gasteiger partial charge in [0.25, 0.3) is 11.8 Å². The summed E-state index contributed by atoms with van der Waals surface area (Å²) < 4.78 is 7.90. The van der Waals surface area contributed by atoms with Crippen LogP contribution in [0.1, 0.15) is 19.2 Å². The molecular weight excluding hydrogens is 572 g/mol. The summed E-state index contributed by atoms with van der Waals surface area (Å²) in [6.45, 7) is 3.74. The number of hydrogen-bond acceptors (Lipinski definition) is 13. The van der Waals surface area contributed by atoms with Crippen molar-refractivity contribution in [3.63, 3.8) is 0 Å². The summed E-state index contributed by atoms with van der Waals surface area (Å²) in [7, 11) is 1.90. The quantitative estimate of drug-likeness (QED) is 0.0698. The van der Waals surface area contributed by atoms with Crippen molar-refractivity contribution >= 4 is 63.1 Å². The van der Waals surface area contributed by atoms with Crippen molar-refractivity contribution in [2.45, 2.75) is 37.8 Å². The molecule has 2 amide bonds. The number of thioether (sulfide) groups is 1. The van der Waals surface area contributed by atoms with Crippen LogP contribution in [0.3, 0.4) is 0 Å². The van der Waals surface area contributed by atoms with Gasteiger partial charge in [-0.2, -0.15) is 9.36 Å². The van der Waals surface area contributed by atoms with E-state index >= 15 is 0 Å². The Balaban J connectivity index is 1.35. The van der Waals surface area contributed by atoms with Crippen molar-refractivity contribution in [1.29, 1.82) is 0 Å². The van der Waals surface area contributed by atoms with Crippen LogP contribution in [0, 0.1) is 0 Å². The second-order valence-electron chi connectivity index (χ2n) is 9.15. The number of carboxylic acid groups (broad SMARTS) is 1. The molecule has 0 spiro atoms. The van der Waals surface area contributed by atoms with E-state index in [2.05, 4.69) is 30.1 Å². The number of carbonyl (C=O) groups is 3. The van der Waals surface area contributed by atoms with E-state index < -0.39 is 29.2 Å². The van der Waals surface area contributed by atoms with Crippen molar-refractivity contribution < 1.29 is 28.9 Å². The van der Waals surface area contributed by atoms with E-state index in [9.17, 15) is 19.5 Å². The van der Waals surface area contributed by atoms with E-state index in [0.717, 1.165) is 36.6 Å². The third-order valence-electron chi connectivity index (χ3n) is 6.52. The number of nitrogens with zero attached hydrogens (tertiary/aromatic N) is 7. The highest BCUT2D eigenvalue weighted by molar-refractivity contribution is 8.00. The maximum absolute atomic E-state index is 13.2. The highest BCUT2D eigenvalue weighted by Gasteiger charge is 2.53. The number of anilines is 1. The first-order valence-electron chi connectivity index (χ1n) is 12.8. The fourth-order valence-electron chi connectivity index (χ4n) is 4.67. The number of oxime groups is 1. The van der Waals surface area contributed by atoms with E-state index in [-0.39, 0.29) is 35.5 Å². The second-order valence-corrected chi connectivity index (χ2v) is 11.0. The molecule has 2 aliphatic rings. The average molecular weight is 601 g/mol. The average Bonchev–Trinajstić information content (AvgIpc) is 3.58. The minimum Gasteiger partial charge on any atom is -0.543 e. The molecule has 2 atom stereocenters. The number of rotatable bonds is 12. The lowest BCUT2D eigenvalue weighted by molar-refractivity contribution is -0.664. The summed E-state index contributed by atoms with van der Waals surface area (Å²) in [4.78, 5) is 53.2. The first-order chi connectivity index (χ1) is 19.8. The van der Waals surface area contributed by atoms with Crippen molar-refractivity contribution in [2.75, 3.05) is 31.7 Å². The highest BCUT2D eigenvalue weighted by Crippen LogP contribution is 2.40. The summed E-state index contributed by atoms with van der Waals surface area (Å²) in [6, 6.07) is 2.85.